The van der Waals surface area contributed by atoms with Crippen molar-refractivity contribution in [3.63, 3.8) is 0 Å². The zero-order valence-corrected chi connectivity index (χ0v) is 9.42. The van der Waals surface area contributed by atoms with Gasteiger partial charge < -0.3 is 4.74 Å². The smallest absolute Gasteiger partial charge is 0.214 e. The van der Waals surface area contributed by atoms with Crippen molar-refractivity contribution in [1.29, 1.82) is 0 Å². The van der Waals surface area contributed by atoms with Gasteiger partial charge in [-0.1, -0.05) is 12.1 Å². The van der Waals surface area contributed by atoms with E-state index in [1.807, 2.05) is 44.2 Å². The van der Waals surface area contributed by atoms with Gasteiger partial charge in [0, 0.05) is 29.7 Å². The zero-order chi connectivity index (χ0) is 11.4. The fourth-order valence-corrected chi connectivity index (χ4v) is 1.45. The largest absolute Gasteiger partial charge is 0.470 e. The van der Waals surface area contributed by atoms with Gasteiger partial charge in [0.15, 0.2) is 0 Å². The van der Waals surface area contributed by atoms with Crippen LogP contribution in [0.2, 0.25) is 0 Å². The summed E-state index contributed by atoms with van der Waals surface area (Å²) in [6.07, 6.45) is 3.52. The van der Waals surface area contributed by atoms with Gasteiger partial charge in [-0.3, -0.25) is 4.98 Å². The van der Waals surface area contributed by atoms with E-state index in [9.17, 15) is 0 Å². The molecule has 0 saturated heterocycles. The van der Waals surface area contributed by atoms with Crippen molar-refractivity contribution >= 4 is 0 Å². The summed E-state index contributed by atoms with van der Waals surface area (Å²) < 4.78 is 5.73. The minimum Gasteiger partial charge on any atom is -0.470 e. The minimum atomic E-state index is -0.0389. The third-order valence-corrected chi connectivity index (χ3v) is 2.31. The van der Waals surface area contributed by atoms with Crippen LogP contribution in [0.3, 0.4) is 0 Å². The normalized spacial score (nSPS) is 12.1. The third-order valence-electron chi connectivity index (χ3n) is 2.31. The van der Waals surface area contributed by atoms with Crippen LogP contribution in [0.5, 0.6) is 5.88 Å². The van der Waals surface area contributed by atoms with Crippen LogP contribution in [0.1, 0.15) is 24.3 Å². The van der Waals surface area contributed by atoms with E-state index in [1.54, 1.807) is 12.4 Å². The summed E-state index contributed by atoms with van der Waals surface area (Å²) in [5, 5.41) is 0. The quantitative estimate of drug-likeness (QED) is 0.788. The summed E-state index contributed by atoms with van der Waals surface area (Å²) in [7, 11) is 0. The molecule has 2 aromatic rings. The molecule has 2 rings (SSSR count). The lowest BCUT2D eigenvalue weighted by atomic mass is 10.2. The van der Waals surface area contributed by atoms with E-state index in [4.69, 9.17) is 4.74 Å². The maximum atomic E-state index is 5.73. The Kier molecular flexibility index (Phi) is 3.15. The maximum absolute atomic E-state index is 5.73. The summed E-state index contributed by atoms with van der Waals surface area (Å²) in [6.45, 7) is 3.93. The van der Waals surface area contributed by atoms with Crippen LogP contribution in [0, 0.1) is 6.92 Å². The lowest BCUT2D eigenvalue weighted by Gasteiger charge is -2.13. The molecule has 0 bridgehead atoms. The summed E-state index contributed by atoms with van der Waals surface area (Å²) in [6, 6.07) is 9.64. The first kappa shape index (κ1) is 10.6. The molecule has 0 spiro atoms. The molecule has 0 aliphatic carbocycles. The van der Waals surface area contributed by atoms with Crippen molar-refractivity contribution in [3.05, 3.63) is 54.0 Å². The van der Waals surface area contributed by atoms with E-state index in [0.29, 0.717) is 5.88 Å². The average molecular weight is 214 g/mol. The highest BCUT2D eigenvalue weighted by molar-refractivity contribution is 5.18. The number of pyridine rings is 2. The van der Waals surface area contributed by atoms with E-state index in [1.165, 1.54) is 0 Å². The molecule has 0 unspecified atom stereocenters. The number of rotatable bonds is 3. The van der Waals surface area contributed by atoms with E-state index in [-0.39, 0.29) is 6.10 Å². The lowest BCUT2D eigenvalue weighted by molar-refractivity contribution is 0.216. The minimum absolute atomic E-state index is 0.0389. The highest BCUT2D eigenvalue weighted by atomic mass is 16.5. The van der Waals surface area contributed by atoms with Crippen LogP contribution in [-0.4, -0.2) is 9.97 Å². The van der Waals surface area contributed by atoms with Gasteiger partial charge in [0.2, 0.25) is 5.88 Å². The van der Waals surface area contributed by atoms with E-state index in [0.717, 1.165) is 11.3 Å². The standard InChI is InChI=1S/C13H14N2O/c1-10-5-3-7-13(15-10)16-11(2)12-6-4-8-14-9-12/h3-9,11H,1-2H3/t11-/m0/s1. The molecule has 0 amide bonds. The number of aryl methyl sites for hydroxylation is 1. The Labute approximate surface area is 95.1 Å². The van der Waals surface area contributed by atoms with Gasteiger partial charge in [0.1, 0.15) is 6.10 Å². The Morgan fingerprint density at radius 3 is 2.75 bits per heavy atom. The summed E-state index contributed by atoms with van der Waals surface area (Å²) in [4.78, 5) is 8.36. The Morgan fingerprint density at radius 2 is 2.06 bits per heavy atom. The van der Waals surface area contributed by atoms with Crippen LogP contribution >= 0.6 is 0 Å². The molecular formula is C13H14N2O. The predicted octanol–water partition coefficient (Wildman–Crippen LogP) is 2.93. The number of hydrogen-bond acceptors (Lipinski definition) is 3. The van der Waals surface area contributed by atoms with Crippen molar-refractivity contribution in [2.24, 2.45) is 0 Å². The summed E-state index contributed by atoms with van der Waals surface area (Å²) in [5.41, 5.74) is 2.00. The molecule has 0 radical (unpaired) electrons. The van der Waals surface area contributed by atoms with Crippen LogP contribution in [0.15, 0.2) is 42.7 Å². The molecule has 0 aliphatic rings. The fraction of sp³-hybridized carbons (Fsp3) is 0.231. The Balaban J connectivity index is 2.11. The number of hydrogen-bond donors (Lipinski definition) is 0. The van der Waals surface area contributed by atoms with Crippen molar-refractivity contribution in [2.45, 2.75) is 20.0 Å². The van der Waals surface area contributed by atoms with Crippen LogP contribution in [0.25, 0.3) is 0 Å². The monoisotopic (exact) mass is 214 g/mol. The molecule has 1 atom stereocenters. The third kappa shape index (κ3) is 2.57. The first-order valence-electron chi connectivity index (χ1n) is 5.26. The van der Waals surface area contributed by atoms with Crippen molar-refractivity contribution in [2.75, 3.05) is 0 Å². The van der Waals surface area contributed by atoms with Gasteiger partial charge in [-0.25, -0.2) is 4.98 Å². The molecule has 0 aromatic carbocycles. The maximum Gasteiger partial charge on any atom is 0.214 e. The van der Waals surface area contributed by atoms with Crippen LogP contribution in [-0.2, 0) is 0 Å². The molecule has 0 aliphatic heterocycles. The fourth-order valence-electron chi connectivity index (χ4n) is 1.45. The molecular weight excluding hydrogens is 200 g/mol. The highest BCUT2D eigenvalue weighted by Gasteiger charge is 2.07. The summed E-state index contributed by atoms with van der Waals surface area (Å²) in [5.74, 6) is 0.649. The molecule has 2 aromatic heterocycles. The number of nitrogens with zero attached hydrogens (tertiary/aromatic N) is 2. The highest BCUT2D eigenvalue weighted by Crippen LogP contribution is 2.18. The second kappa shape index (κ2) is 4.75. The Bertz CT molecular complexity index is 456. The predicted molar refractivity (Wildman–Crippen MR) is 62.3 cm³/mol. The first-order valence-corrected chi connectivity index (χ1v) is 5.26. The average Bonchev–Trinajstić information content (AvgIpc) is 2.30. The van der Waals surface area contributed by atoms with Gasteiger partial charge in [0.05, 0.1) is 0 Å². The number of ether oxygens (including phenoxy) is 1. The van der Waals surface area contributed by atoms with E-state index in [2.05, 4.69) is 9.97 Å². The molecule has 0 N–H and O–H groups in total. The summed E-state index contributed by atoms with van der Waals surface area (Å²) >= 11 is 0. The van der Waals surface area contributed by atoms with Gasteiger partial charge in [-0.2, -0.15) is 0 Å². The van der Waals surface area contributed by atoms with Crippen molar-refractivity contribution in [3.8, 4) is 5.88 Å². The van der Waals surface area contributed by atoms with Gasteiger partial charge >= 0.3 is 0 Å². The SMILES string of the molecule is Cc1cccc(O[C@@H](C)c2cccnc2)n1. The van der Waals surface area contributed by atoms with Gasteiger partial charge in [0.25, 0.3) is 0 Å². The Hall–Kier alpha value is -1.90. The first-order chi connectivity index (χ1) is 7.75. The molecule has 3 nitrogen and oxygen atoms in total. The molecule has 0 saturated carbocycles. The van der Waals surface area contributed by atoms with Gasteiger partial charge in [-0.15, -0.1) is 0 Å². The van der Waals surface area contributed by atoms with Crippen molar-refractivity contribution < 1.29 is 4.74 Å². The molecule has 16 heavy (non-hydrogen) atoms. The topological polar surface area (TPSA) is 35.0 Å². The van der Waals surface area contributed by atoms with E-state index < -0.39 is 0 Å². The second-order valence-corrected chi connectivity index (χ2v) is 3.66. The molecule has 3 heteroatoms. The number of aromatic nitrogens is 2. The molecule has 82 valence electrons. The van der Waals surface area contributed by atoms with Crippen LogP contribution < -0.4 is 4.74 Å². The molecule has 2 heterocycles. The van der Waals surface area contributed by atoms with Crippen molar-refractivity contribution in [1.82, 2.24) is 9.97 Å². The van der Waals surface area contributed by atoms with E-state index >= 15 is 0 Å². The van der Waals surface area contributed by atoms with Crippen LogP contribution in [0.4, 0.5) is 0 Å². The zero-order valence-electron chi connectivity index (χ0n) is 9.42. The lowest BCUT2D eigenvalue weighted by Crippen LogP contribution is -2.04. The second-order valence-electron chi connectivity index (χ2n) is 3.66. The molecule has 0 fully saturated rings. The van der Waals surface area contributed by atoms with Gasteiger partial charge in [-0.05, 0) is 26.0 Å². The Morgan fingerprint density at radius 1 is 1.19 bits per heavy atom.